The third-order valence-electron chi connectivity index (χ3n) is 5.51. The Kier molecular flexibility index (Phi) is 3.28. The molecule has 27 heavy (non-hydrogen) atoms. The quantitative estimate of drug-likeness (QED) is 0.576. The van der Waals surface area contributed by atoms with Crippen molar-refractivity contribution in [2.24, 2.45) is 0 Å². The fraction of sp³-hybridized carbons (Fsp3) is 0.250. The number of rotatable bonds is 2. The first-order chi connectivity index (χ1) is 13.0. The lowest BCUT2D eigenvalue weighted by molar-refractivity contribution is 0.641. The second-order valence-electron chi connectivity index (χ2n) is 7.22. The highest BCUT2D eigenvalue weighted by Gasteiger charge is 2.26. The van der Waals surface area contributed by atoms with Crippen LogP contribution in [0, 0.1) is 6.92 Å². The van der Waals surface area contributed by atoms with Crippen LogP contribution in [0.4, 0.5) is 5.95 Å². The number of likely N-dealkylation sites (N-methyl/N-ethyl adjacent to an activating group) is 1. The molecule has 7 heteroatoms. The molecule has 4 heterocycles. The Bertz CT molecular complexity index is 1230. The van der Waals surface area contributed by atoms with Crippen molar-refractivity contribution in [2.45, 2.75) is 26.4 Å². The molecule has 0 aliphatic carbocycles. The molecule has 0 saturated carbocycles. The van der Waals surface area contributed by atoms with Crippen LogP contribution in [0.5, 0.6) is 0 Å². The van der Waals surface area contributed by atoms with Crippen molar-refractivity contribution in [1.29, 1.82) is 0 Å². The minimum atomic E-state index is -0.0117. The average Bonchev–Trinajstić information content (AvgIpc) is 3.34. The van der Waals surface area contributed by atoms with Gasteiger partial charge in [-0.3, -0.25) is 14.5 Å². The number of nitrogens with zero attached hydrogens (tertiary/aromatic N) is 4. The molecule has 0 amide bonds. The number of anilines is 1. The number of nitrogens with one attached hydrogen (secondary N) is 2. The van der Waals surface area contributed by atoms with Gasteiger partial charge in [0.1, 0.15) is 0 Å². The van der Waals surface area contributed by atoms with E-state index < -0.39 is 0 Å². The molecule has 5 rings (SSSR count). The van der Waals surface area contributed by atoms with E-state index in [9.17, 15) is 4.79 Å². The number of hydrogen-bond acceptors (Lipinski definition) is 4. The number of aryl methyl sites for hydroxylation is 1. The minimum absolute atomic E-state index is 0.0117. The third-order valence-corrected chi connectivity index (χ3v) is 5.51. The van der Waals surface area contributed by atoms with Crippen molar-refractivity contribution >= 4 is 16.9 Å². The van der Waals surface area contributed by atoms with Gasteiger partial charge < -0.3 is 9.88 Å². The van der Waals surface area contributed by atoms with Crippen LogP contribution in [0.15, 0.2) is 41.5 Å². The zero-order valence-corrected chi connectivity index (χ0v) is 15.4. The molecule has 136 valence electrons. The van der Waals surface area contributed by atoms with Gasteiger partial charge >= 0.3 is 0 Å². The molecule has 1 aliphatic heterocycles. The highest BCUT2D eigenvalue weighted by molar-refractivity contribution is 5.97. The van der Waals surface area contributed by atoms with Crippen LogP contribution in [-0.4, -0.2) is 37.8 Å². The lowest BCUT2D eigenvalue weighted by atomic mass is 10.0. The van der Waals surface area contributed by atoms with E-state index in [-0.39, 0.29) is 11.6 Å². The number of fused-ring (bicyclic) bond motifs is 2. The molecule has 1 unspecified atom stereocenters. The second kappa shape index (κ2) is 5.57. The van der Waals surface area contributed by atoms with Gasteiger partial charge in [0.2, 0.25) is 5.95 Å². The fourth-order valence-electron chi connectivity index (χ4n) is 3.80. The molecule has 1 atom stereocenters. The van der Waals surface area contributed by atoms with E-state index in [2.05, 4.69) is 45.2 Å². The number of H-pyrrole nitrogens is 2. The van der Waals surface area contributed by atoms with Crippen LogP contribution >= 0.6 is 0 Å². The first-order valence-corrected chi connectivity index (χ1v) is 8.99. The van der Waals surface area contributed by atoms with Crippen molar-refractivity contribution in [3.05, 3.63) is 52.7 Å². The van der Waals surface area contributed by atoms with Gasteiger partial charge in [0.15, 0.2) is 0 Å². The van der Waals surface area contributed by atoms with Crippen LogP contribution in [0.3, 0.4) is 0 Å². The molecule has 1 aromatic carbocycles. The molecule has 4 aromatic rings. The van der Waals surface area contributed by atoms with Crippen LogP contribution < -0.4 is 10.5 Å². The van der Waals surface area contributed by atoms with E-state index in [1.807, 2.05) is 26.4 Å². The molecule has 7 nitrogen and oxygen atoms in total. The summed E-state index contributed by atoms with van der Waals surface area (Å²) in [5, 5.41) is 8.14. The summed E-state index contributed by atoms with van der Waals surface area (Å²) >= 11 is 0. The van der Waals surface area contributed by atoms with Gasteiger partial charge in [-0.2, -0.15) is 5.10 Å². The number of aromatic amines is 2. The van der Waals surface area contributed by atoms with Gasteiger partial charge in [-0.15, -0.1) is 0 Å². The van der Waals surface area contributed by atoms with Crippen molar-refractivity contribution in [3.63, 3.8) is 0 Å². The van der Waals surface area contributed by atoms with Crippen molar-refractivity contribution in [2.75, 3.05) is 11.9 Å². The molecule has 0 fully saturated rings. The van der Waals surface area contributed by atoms with Crippen LogP contribution in [0.2, 0.25) is 0 Å². The van der Waals surface area contributed by atoms with Crippen LogP contribution in [0.25, 0.3) is 33.3 Å². The Morgan fingerprint density at radius 1 is 1.22 bits per heavy atom. The maximum absolute atomic E-state index is 12.6. The zero-order chi connectivity index (χ0) is 18.7. The fourth-order valence-corrected chi connectivity index (χ4v) is 3.80. The summed E-state index contributed by atoms with van der Waals surface area (Å²) in [6.07, 6.45) is 3.76. The first-order valence-electron chi connectivity index (χ1n) is 8.99. The van der Waals surface area contributed by atoms with Gasteiger partial charge in [0.25, 0.3) is 5.56 Å². The van der Waals surface area contributed by atoms with Gasteiger partial charge in [0.05, 0.1) is 11.9 Å². The Morgan fingerprint density at radius 2 is 2.07 bits per heavy atom. The molecule has 3 aromatic heterocycles. The average molecular weight is 360 g/mol. The normalized spacial score (nSPS) is 16.3. The Hall–Kier alpha value is -3.35. The van der Waals surface area contributed by atoms with E-state index in [1.165, 1.54) is 0 Å². The Balaban J connectivity index is 1.69. The van der Waals surface area contributed by atoms with Crippen molar-refractivity contribution < 1.29 is 0 Å². The van der Waals surface area contributed by atoms with Crippen molar-refractivity contribution in [1.82, 2.24) is 24.7 Å². The smallest absolute Gasteiger partial charge is 0.255 e. The van der Waals surface area contributed by atoms with E-state index >= 15 is 0 Å². The van der Waals surface area contributed by atoms with Gasteiger partial charge in [0, 0.05) is 59.6 Å². The molecule has 0 radical (unpaired) electrons. The van der Waals surface area contributed by atoms with E-state index in [0.29, 0.717) is 12.2 Å². The molecular formula is C20H20N6O. The Labute approximate surface area is 155 Å². The summed E-state index contributed by atoms with van der Waals surface area (Å²) in [5.41, 5.74) is 5.80. The standard InChI is InChI=1S/C20H20N6O/c1-11-10-26-19(27)7-18(23-20(26)25(11)3)16-8-21-17-5-4-13(6-14(16)17)15-9-22-24-12(15)2/h4-9,11,21H,10H2,1-3H3,(H,22,24). The maximum Gasteiger partial charge on any atom is 0.255 e. The topological polar surface area (TPSA) is 82.6 Å². The number of aromatic nitrogens is 5. The number of benzene rings is 1. The lowest BCUT2D eigenvalue weighted by Gasteiger charge is -2.15. The SMILES string of the molecule is Cc1[nH]ncc1-c1ccc2[nH]cc(-c3cc(=O)n4c(n3)N(C)C(C)C4)c2c1. The van der Waals surface area contributed by atoms with E-state index in [4.69, 9.17) is 4.98 Å². The highest BCUT2D eigenvalue weighted by Crippen LogP contribution is 2.33. The molecule has 0 bridgehead atoms. The number of hydrogen-bond donors (Lipinski definition) is 2. The molecular weight excluding hydrogens is 340 g/mol. The lowest BCUT2D eigenvalue weighted by Crippen LogP contribution is -2.24. The molecule has 0 spiro atoms. The largest absolute Gasteiger partial charge is 0.360 e. The van der Waals surface area contributed by atoms with Gasteiger partial charge in [-0.25, -0.2) is 4.98 Å². The predicted octanol–water partition coefficient (Wildman–Crippen LogP) is 2.93. The Morgan fingerprint density at radius 3 is 2.85 bits per heavy atom. The first kappa shape index (κ1) is 15.9. The molecule has 2 N–H and O–H groups in total. The monoisotopic (exact) mass is 360 g/mol. The summed E-state index contributed by atoms with van der Waals surface area (Å²) in [4.78, 5) is 22.8. The second-order valence-corrected chi connectivity index (χ2v) is 7.22. The zero-order valence-electron chi connectivity index (χ0n) is 15.4. The summed E-state index contributed by atoms with van der Waals surface area (Å²) in [5.74, 6) is 0.723. The van der Waals surface area contributed by atoms with Crippen LogP contribution in [0.1, 0.15) is 12.6 Å². The molecule has 1 aliphatic rings. The predicted molar refractivity (Wildman–Crippen MR) is 106 cm³/mol. The highest BCUT2D eigenvalue weighted by atomic mass is 16.1. The maximum atomic E-state index is 12.6. The summed E-state index contributed by atoms with van der Waals surface area (Å²) in [6, 6.07) is 8.14. The third kappa shape index (κ3) is 2.31. The summed E-state index contributed by atoms with van der Waals surface area (Å²) < 4.78 is 1.74. The van der Waals surface area contributed by atoms with Gasteiger partial charge in [-0.1, -0.05) is 6.07 Å². The van der Waals surface area contributed by atoms with Crippen LogP contribution in [-0.2, 0) is 6.54 Å². The van der Waals surface area contributed by atoms with Crippen molar-refractivity contribution in [3.8, 4) is 22.4 Å². The van der Waals surface area contributed by atoms with E-state index in [0.717, 1.165) is 39.2 Å². The summed E-state index contributed by atoms with van der Waals surface area (Å²) in [7, 11) is 1.98. The summed E-state index contributed by atoms with van der Waals surface area (Å²) in [6.45, 7) is 4.78. The minimum Gasteiger partial charge on any atom is -0.360 e. The molecule has 0 saturated heterocycles. The van der Waals surface area contributed by atoms with E-state index in [1.54, 1.807) is 10.6 Å². The van der Waals surface area contributed by atoms with Gasteiger partial charge in [-0.05, 0) is 31.5 Å².